The smallest absolute Gasteiger partial charge is 0.0827 e. The number of nitrogens with zero attached hydrogens (tertiary/aromatic N) is 1. The molecule has 1 aliphatic carbocycles. The van der Waals surface area contributed by atoms with Crippen LogP contribution < -0.4 is 5.32 Å². The molecule has 1 saturated carbocycles. The number of rotatable bonds is 3. The minimum Gasteiger partial charge on any atom is -0.374 e. The molecular formula is C17H32N2O. The molecule has 3 aliphatic rings. The Morgan fingerprint density at radius 1 is 1.30 bits per heavy atom. The van der Waals surface area contributed by atoms with Crippen molar-refractivity contribution in [2.75, 3.05) is 26.2 Å². The topological polar surface area (TPSA) is 24.5 Å². The summed E-state index contributed by atoms with van der Waals surface area (Å²) in [7, 11) is 0. The molecule has 3 nitrogen and oxygen atoms in total. The minimum atomic E-state index is 0.407. The van der Waals surface area contributed by atoms with E-state index in [4.69, 9.17) is 4.74 Å². The van der Waals surface area contributed by atoms with Crippen LogP contribution in [0.3, 0.4) is 0 Å². The lowest BCUT2D eigenvalue weighted by Crippen LogP contribution is -2.51. The van der Waals surface area contributed by atoms with Crippen LogP contribution in [0, 0.1) is 11.3 Å². The Hall–Kier alpha value is -0.120. The Balaban J connectivity index is 1.45. The van der Waals surface area contributed by atoms with Crippen molar-refractivity contribution in [1.29, 1.82) is 0 Å². The molecule has 4 atom stereocenters. The molecule has 20 heavy (non-hydrogen) atoms. The van der Waals surface area contributed by atoms with Crippen LogP contribution in [-0.2, 0) is 4.74 Å². The molecule has 0 bridgehead atoms. The molecule has 116 valence electrons. The maximum atomic E-state index is 6.06. The van der Waals surface area contributed by atoms with Gasteiger partial charge in [0.05, 0.1) is 12.7 Å². The number of nitrogens with one attached hydrogen (secondary N) is 1. The molecule has 0 radical (unpaired) electrons. The second kappa shape index (κ2) is 5.94. The third-order valence-corrected chi connectivity index (χ3v) is 5.48. The van der Waals surface area contributed by atoms with Gasteiger partial charge >= 0.3 is 0 Å². The third-order valence-electron chi connectivity index (χ3n) is 5.48. The van der Waals surface area contributed by atoms with E-state index in [-0.39, 0.29) is 0 Å². The fourth-order valence-corrected chi connectivity index (χ4v) is 4.81. The molecule has 3 heteroatoms. The quantitative estimate of drug-likeness (QED) is 0.860. The summed E-state index contributed by atoms with van der Waals surface area (Å²) in [5, 5.41) is 3.81. The Morgan fingerprint density at radius 3 is 2.95 bits per heavy atom. The van der Waals surface area contributed by atoms with Crippen LogP contribution in [-0.4, -0.2) is 49.3 Å². The van der Waals surface area contributed by atoms with Crippen molar-refractivity contribution in [3.8, 4) is 0 Å². The lowest BCUT2D eigenvalue weighted by molar-refractivity contribution is -0.0491. The first kappa shape index (κ1) is 14.8. The Labute approximate surface area is 124 Å². The van der Waals surface area contributed by atoms with E-state index in [1.807, 2.05) is 0 Å². The maximum Gasteiger partial charge on any atom is 0.0827 e. The number of hydrogen-bond donors (Lipinski definition) is 1. The highest BCUT2D eigenvalue weighted by molar-refractivity contribution is 4.89. The van der Waals surface area contributed by atoms with Gasteiger partial charge in [-0.1, -0.05) is 20.8 Å². The SMILES string of the molecule is CC1CC(NCC2CN3CCCC3CO2)CC(C)(C)C1. The van der Waals surface area contributed by atoms with Crippen molar-refractivity contribution in [3.63, 3.8) is 0 Å². The molecule has 0 aromatic carbocycles. The van der Waals surface area contributed by atoms with Crippen LogP contribution in [0.5, 0.6) is 0 Å². The Morgan fingerprint density at radius 2 is 2.15 bits per heavy atom. The molecule has 3 rings (SSSR count). The van der Waals surface area contributed by atoms with Gasteiger partial charge in [-0.3, -0.25) is 4.90 Å². The van der Waals surface area contributed by atoms with Gasteiger partial charge in [-0.2, -0.15) is 0 Å². The Kier molecular flexibility index (Phi) is 4.40. The van der Waals surface area contributed by atoms with Crippen LogP contribution in [0.1, 0.15) is 52.9 Å². The molecule has 0 aromatic heterocycles. The average Bonchev–Trinajstić information content (AvgIpc) is 2.81. The van der Waals surface area contributed by atoms with E-state index in [0.29, 0.717) is 17.6 Å². The van der Waals surface area contributed by atoms with Crippen LogP contribution in [0.4, 0.5) is 0 Å². The molecule has 4 unspecified atom stereocenters. The van der Waals surface area contributed by atoms with E-state index in [9.17, 15) is 0 Å². The van der Waals surface area contributed by atoms with Gasteiger partial charge in [0, 0.05) is 25.2 Å². The molecule has 3 fully saturated rings. The normalized spacial score (nSPS) is 41.5. The van der Waals surface area contributed by atoms with E-state index in [2.05, 4.69) is 31.0 Å². The summed E-state index contributed by atoms with van der Waals surface area (Å²) in [4.78, 5) is 2.64. The summed E-state index contributed by atoms with van der Waals surface area (Å²) in [6.07, 6.45) is 7.14. The van der Waals surface area contributed by atoms with E-state index < -0.39 is 0 Å². The summed E-state index contributed by atoms with van der Waals surface area (Å²) in [5.74, 6) is 0.853. The lowest BCUT2D eigenvalue weighted by atomic mass is 9.70. The second-order valence-electron chi connectivity index (χ2n) is 8.26. The monoisotopic (exact) mass is 280 g/mol. The van der Waals surface area contributed by atoms with Gasteiger partial charge in [0.25, 0.3) is 0 Å². The van der Waals surface area contributed by atoms with Gasteiger partial charge in [-0.05, 0) is 50.0 Å². The standard InChI is InChI=1S/C17H32N2O/c1-13-7-14(9-17(2,3)8-13)18-10-16-11-19-6-4-5-15(19)12-20-16/h13-16,18H,4-12H2,1-3H3. The molecule has 2 saturated heterocycles. The average molecular weight is 280 g/mol. The first-order valence-electron chi connectivity index (χ1n) is 8.61. The molecule has 0 amide bonds. The summed E-state index contributed by atoms with van der Waals surface area (Å²) in [5.41, 5.74) is 0.503. The zero-order valence-corrected chi connectivity index (χ0v) is 13.5. The maximum absolute atomic E-state index is 6.06. The number of hydrogen-bond acceptors (Lipinski definition) is 3. The molecule has 2 aliphatic heterocycles. The zero-order valence-electron chi connectivity index (χ0n) is 13.5. The molecular weight excluding hydrogens is 248 g/mol. The predicted octanol–water partition coefficient (Wildman–Crippen LogP) is 2.65. The summed E-state index contributed by atoms with van der Waals surface area (Å²) in [6, 6.07) is 1.41. The number of ether oxygens (including phenoxy) is 1. The first-order valence-corrected chi connectivity index (χ1v) is 8.61. The van der Waals surface area contributed by atoms with Crippen LogP contribution in [0.25, 0.3) is 0 Å². The van der Waals surface area contributed by atoms with Crippen LogP contribution >= 0.6 is 0 Å². The summed E-state index contributed by atoms with van der Waals surface area (Å²) in [6.45, 7) is 11.7. The molecule has 1 N–H and O–H groups in total. The summed E-state index contributed by atoms with van der Waals surface area (Å²) < 4.78 is 6.06. The second-order valence-corrected chi connectivity index (χ2v) is 8.26. The van der Waals surface area contributed by atoms with E-state index in [1.165, 1.54) is 38.6 Å². The van der Waals surface area contributed by atoms with Crippen molar-refractivity contribution in [2.45, 2.75) is 71.1 Å². The fourth-order valence-electron chi connectivity index (χ4n) is 4.81. The molecule has 2 heterocycles. The van der Waals surface area contributed by atoms with Crippen molar-refractivity contribution in [1.82, 2.24) is 10.2 Å². The van der Waals surface area contributed by atoms with Gasteiger partial charge in [0.15, 0.2) is 0 Å². The van der Waals surface area contributed by atoms with E-state index >= 15 is 0 Å². The highest BCUT2D eigenvalue weighted by atomic mass is 16.5. The molecule has 0 spiro atoms. The third kappa shape index (κ3) is 3.55. The van der Waals surface area contributed by atoms with E-state index in [1.54, 1.807) is 0 Å². The lowest BCUT2D eigenvalue weighted by Gasteiger charge is -2.41. The molecule has 0 aromatic rings. The predicted molar refractivity (Wildman–Crippen MR) is 82.9 cm³/mol. The van der Waals surface area contributed by atoms with Crippen molar-refractivity contribution in [2.24, 2.45) is 11.3 Å². The number of morpholine rings is 1. The largest absolute Gasteiger partial charge is 0.374 e. The van der Waals surface area contributed by atoms with Crippen molar-refractivity contribution in [3.05, 3.63) is 0 Å². The van der Waals surface area contributed by atoms with Crippen molar-refractivity contribution >= 4 is 0 Å². The zero-order chi connectivity index (χ0) is 14.2. The fraction of sp³-hybridized carbons (Fsp3) is 1.00. The first-order chi connectivity index (χ1) is 9.52. The highest BCUT2D eigenvalue weighted by Crippen LogP contribution is 2.38. The van der Waals surface area contributed by atoms with Gasteiger partial charge in [-0.25, -0.2) is 0 Å². The van der Waals surface area contributed by atoms with Crippen molar-refractivity contribution < 1.29 is 4.74 Å². The van der Waals surface area contributed by atoms with Gasteiger partial charge in [0.1, 0.15) is 0 Å². The Bertz CT molecular complexity index is 331. The minimum absolute atomic E-state index is 0.407. The van der Waals surface area contributed by atoms with Gasteiger partial charge in [0.2, 0.25) is 0 Å². The highest BCUT2D eigenvalue weighted by Gasteiger charge is 2.34. The van der Waals surface area contributed by atoms with Crippen LogP contribution in [0.2, 0.25) is 0 Å². The summed E-state index contributed by atoms with van der Waals surface area (Å²) >= 11 is 0. The van der Waals surface area contributed by atoms with Gasteiger partial charge in [-0.15, -0.1) is 0 Å². The van der Waals surface area contributed by atoms with E-state index in [0.717, 1.165) is 31.7 Å². The van der Waals surface area contributed by atoms with Crippen LogP contribution in [0.15, 0.2) is 0 Å². The van der Waals surface area contributed by atoms with Gasteiger partial charge < -0.3 is 10.1 Å². The number of fused-ring (bicyclic) bond motifs is 1.